The highest BCUT2D eigenvalue weighted by Gasteiger charge is 2.14. The standard InChI is InChI=1S/C17H12BrFN2O2/c18-11-3-1-10(2-4-11)15-7-8-16(23-15)17(22)21-14-9-12(20)5-6-13(14)19/h1-9H,20H2,(H,21,22). The van der Waals surface area contributed by atoms with Gasteiger partial charge in [-0.05, 0) is 42.5 Å². The Labute approximate surface area is 140 Å². The minimum absolute atomic E-state index is 0.0107. The summed E-state index contributed by atoms with van der Waals surface area (Å²) in [5, 5.41) is 2.45. The molecule has 116 valence electrons. The van der Waals surface area contributed by atoms with Crippen LogP contribution in [0, 0.1) is 5.82 Å². The normalized spacial score (nSPS) is 10.5. The molecule has 0 fully saturated rings. The van der Waals surface area contributed by atoms with Gasteiger partial charge >= 0.3 is 0 Å². The highest BCUT2D eigenvalue weighted by atomic mass is 79.9. The number of nitrogens with one attached hydrogen (secondary N) is 1. The van der Waals surface area contributed by atoms with Crippen LogP contribution in [-0.4, -0.2) is 5.91 Å². The minimum atomic E-state index is -0.563. The number of amides is 1. The van der Waals surface area contributed by atoms with Gasteiger partial charge in [-0.25, -0.2) is 4.39 Å². The van der Waals surface area contributed by atoms with E-state index in [0.29, 0.717) is 11.4 Å². The van der Waals surface area contributed by atoms with Crippen molar-refractivity contribution in [3.05, 3.63) is 70.6 Å². The van der Waals surface area contributed by atoms with Crippen LogP contribution in [-0.2, 0) is 0 Å². The van der Waals surface area contributed by atoms with Crippen molar-refractivity contribution in [2.24, 2.45) is 0 Å². The highest BCUT2D eigenvalue weighted by Crippen LogP contribution is 2.25. The summed E-state index contributed by atoms with van der Waals surface area (Å²) < 4.78 is 20.1. The lowest BCUT2D eigenvalue weighted by molar-refractivity contribution is 0.0997. The zero-order valence-corrected chi connectivity index (χ0v) is 13.4. The van der Waals surface area contributed by atoms with Gasteiger partial charge in [0.2, 0.25) is 0 Å². The summed E-state index contributed by atoms with van der Waals surface area (Å²) in [5.41, 5.74) is 6.79. The van der Waals surface area contributed by atoms with Crippen molar-refractivity contribution in [1.82, 2.24) is 0 Å². The summed E-state index contributed by atoms with van der Waals surface area (Å²) >= 11 is 3.36. The monoisotopic (exact) mass is 374 g/mol. The number of carbonyl (C=O) groups excluding carboxylic acids is 1. The lowest BCUT2D eigenvalue weighted by atomic mass is 10.2. The maximum atomic E-state index is 13.6. The van der Waals surface area contributed by atoms with Crippen LogP contribution >= 0.6 is 15.9 Å². The molecule has 0 saturated heterocycles. The van der Waals surface area contributed by atoms with E-state index in [4.69, 9.17) is 10.2 Å². The molecule has 0 aliphatic carbocycles. The van der Waals surface area contributed by atoms with Gasteiger partial charge in [0.05, 0.1) is 5.69 Å². The Morgan fingerprint density at radius 2 is 1.83 bits per heavy atom. The molecule has 3 rings (SSSR count). The molecule has 0 saturated carbocycles. The van der Waals surface area contributed by atoms with Crippen LogP contribution < -0.4 is 11.1 Å². The van der Waals surface area contributed by atoms with E-state index in [9.17, 15) is 9.18 Å². The molecule has 0 radical (unpaired) electrons. The van der Waals surface area contributed by atoms with Crippen molar-refractivity contribution < 1.29 is 13.6 Å². The van der Waals surface area contributed by atoms with Crippen molar-refractivity contribution in [2.75, 3.05) is 11.1 Å². The van der Waals surface area contributed by atoms with Gasteiger partial charge in [0.15, 0.2) is 5.76 Å². The average molecular weight is 375 g/mol. The lowest BCUT2D eigenvalue weighted by Crippen LogP contribution is -2.12. The van der Waals surface area contributed by atoms with Gasteiger partial charge in [0, 0.05) is 15.7 Å². The minimum Gasteiger partial charge on any atom is -0.451 e. The molecule has 3 N–H and O–H groups in total. The number of benzene rings is 2. The quantitative estimate of drug-likeness (QED) is 0.653. The van der Waals surface area contributed by atoms with Gasteiger partial charge in [-0.15, -0.1) is 0 Å². The molecule has 0 aliphatic heterocycles. The number of carbonyl (C=O) groups is 1. The SMILES string of the molecule is Nc1ccc(F)c(NC(=O)c2ccc(-c3ccc(Br)cc3)o2)c1. The number of rotatable bonds is 3. The third-order valence-electron chi connectivity index (χ3n) is 3.20. The maximum Gasteiger partial charge on any atom is 0.291 e. The van der Waals surface area contributed by atoms with E-state index in [-0.39, 0.29) is 11.4 Å². The average Bonchev–Trinajstić information content (AvgIpc) is 3.02. The second kappa shape index (κ2) is 6.26. The van der Waals surface area contributed by atoms with Gasteiger partial charge in [0.1, 0.15) is 11.6 Å². The number of halogens is 2. The first-order valence-corrected chi connectivity index (χ1v) is 7.54. The highest BCUT2D eigenvalue weighted by molar-refractivity contribution is 9.10. The summed E-state index contributed by atoms with van der Waals surface area (Å²) in [6.45, 7) is 0. The molecule has 1 heterocycles. The molecule has 6 heteroatoms. The Balaban J connectivity index is 1.81. The van der Waals surface area contributed by atoms with Crippen molar-refractivity contribution in [3.63, 3.8) is 0 Å². The van der Waals surface area contributed by atoms with Crippen molar-refractivity contribution >= 4 is 33.2 Å². The number of hydrogen-bond donors (Lipinski definition) is 2. The number of nitrogens with two attached hydrogens (primary N) is 1. The summed E-state index contributed by atoms with van der Waals surface area (Å²) in [5.74, 6) is -0.467. The molecular formula is C17H12BrFN2O2. The fourth-order valence-corrected chi connectivity index (χ4v) is 2.32. The molecule has 0 bridgehead atoms. The molecule has 0 spiro atoms. The zero-order valence-electron chi connectivity index (χ0n) is 11.8. The molecular weight excluding hydrogens is 363 g/mol. The van der Waals surface area contributed by atoms with E-state index in [1.165, 1.54) is 24.3 Å². The topological polar surface area (TPSA) is 68.3 Å². The number of furan rings is 1. The van der Waals surface area contributed by atoms with E-state index in [0.717, 1.165) is 10.0 Å². The summed E-state index contributed by atoms with van der Waals surface area (Å²) in [4.78, 5) is 12.2. The molecule has 0 aliphatic rings. The Morgan fingerprint density at radius 3 is 2.57 bits per heavy atom. The van der Waals surface area contributed by atoms with Crippen LogP contribution in [0.5, 0.6) is 0 Å². The first-order chi connectivity index (χ1) is 11.0. The zero-order chi connectivity index (χ0) is 16.4. The molecule has 3 aromatic rings. The van der Waals surface area contributed by atoms with Gasteiger partial charge in [-0.1, -0.05) is 28.1 Å². The molecule has 1 amide bonds. The van der Waals surface area contributed by atoms with Gasteiger partial charge in [0.25, 0.3) is 5.91 Å². The first-order valence-electron chi connectivity index (χ1n) is 6.75. The maximum absolute atomic E-state index is 13.6. The molecule has 2 aromatic carbocycles. The summed E-state index contributed by atoms with van der Waals surface area (Å²) in [7, 11) is 0. The van der Waals surface area contributed by atoms with E-state index < -0.39 is 11.7 Å². The van der Waals surface area contributed by atoms with Crippen molar-refractivity contribution in [2.45, 2.75) is 0 Å². The molecule has 23 heavy (non-hydrogen) atoms. The number of anilines is 2. The predicted molar refractivity (Wildman–Crippen MR) is 90.6 cm³/mol. The van der Waals surface area contributed by atoms with E-state index in [2.05, 4.69) is 21.2 Å². The third-order valence-corrected chi connectivity index (χ3v) is 3.73. The lowest BCUT2D eigenvalue weighted by Gasteiger charge is -2.05. The van der Waals surface area contributed by atoms with Crippen LogP contribution in [0.3, 0.4) is 0 Å². The molecule has 0 unspecified atom stereocenters. The largest absolute Gasteiger partial charge is 0.451 e. The Bertz CT molecular complexity index is 859. The number of hydrogen-bond acceptors (Lipinski definition) is 3. The van der Waals surface area contributed by atoms with Crippen LogP contribution in [0.2, 0.25) is 0 Å². The fraction of sp³-hybridized carbons (Fsp3) is 0. The summed E-state index contributed by atoms with van der Waals surface area (Å²) in [6, 6.07) is 14.7. The number of nitrogen functional groups attached to an aromatic ring is 1. The second-order valence-corrected chi connectivity index (χ2v) is 5.78. The van der Waals surface area contributed by atoms with E-state index >= 15 is 0 Å². The summed E-state index contributed by atoms with van der Waals surface area (Å²) in [6.07, 6.45) is 0. The van der Waals surface area contributed by atoms with Crippen LogP contribution in [0.25, 0.3) is 11.3 Å². The van der Waals surface area contributed by atoms with Gasteiger partial charge < -0.3 is 15.5 Å². The fourth-order valence-electron chi connectivity index (χ4n) is 2.05. The smallest absolute Gasteiger partial charge is 0.291 e. The first kappa shape index (κ1) is 15.3. The van der Waals surface area contributed by atoms with E-state index in [1.807, 2.05) is 24.3 Å². The van der Waals surface area contributed by atoms with Crippen LogP contribution in [0.15, 0.2) is 63.5 Å². The van der Waals surface area contributed by atoms with Crippen molar-refractivity contribution in [1.29, 1.82) is 0 Å². The second-order valence-electron chi connectivity index (χ2n) is 4.86. The van der Waals surface area contributed by atoms with Gasteiger partial charge in [-0.3, -0.25) is 4.79 Å². The third kappa shape index (κ3) is 3.43. The Morgan fingerprint density at radius 1 is 1.09 bits per heavy atom. The molecule has 4 nitrogen and oxygen atoms in total. The molecule has 1 aromatic heterocycles. The Hall–Kier alpha value is -2.60. The molecule has 0 atom stereocenters. The van der Waals surface area contributed by atoms with Crippen LogP contribution in [0.1, 0.15) is 10.6 Å². The van der Waals surface area contributed by atoms with Crippen molar-refractivity contribution in [3.8, 4) is 11.3 Å². The Kier molecular flexibility index (Phi) is 4.16. The van der Waals surface area contributed by atoms with Crippen LogP contribution in [0.4, 0.5) is 15.8 Å². The van der Waals surface area contributed by atoms with E-state index in [1.54, 1.807) is 6.07 Å². The van der Waals surface area contributed by atoms with Gasteiger partial charge in [-0.2, -0.15) is 0 Å². The predicted octanol–water partition coefficient (Wildman–Crippen LogP) is 4.68.